The van der Waals surface area contributed by atoms with Crippen LogP contribution in [0.25, 0.3) is 0 Å². The quantitative estimate of drug-likeness (QED) is 0.406. The van der Waals surface area contributed by atoms with Crippen molar-refractivity contribution in [3.05, 3.63) is 12.2 Å². The van der Waals surface area contributed by atoms with Gasteiger partial charge in [-0.15, -0.1) is 0 Å². The van der Waals surface area contributed by atoms with Crippen molar-refractivity contribution in [2.45, 2.75) is 130 Å². The van der Waals surface area contributed by atoms with Crippen LogP contribution in [0.2, 0.25) is 0 Å². The summed E-state index contributed by atoms with van der Waals surface area (Å²) in [7, 11) is 0. The lowest BCUT2D eigenvalue weighted by Crippen LogP contribution is -2.66. The van der Waals surface area contributed by atoms with Gasteiger partial charge in [0.25, 0.3) is 0 Å². The summed E-state index contributed by atoms with van der Waals surface area (Å²) in [4.78, 5) is 0. The average molecular weight is 477 g/mol. The molecule has 0 aromatic rings. The first-order chi connectivity index (χ1) is 15.4. The van der Waals surface area contributed by atoms with Crippen molar-refractivity contribution in [3.63, 3.8) is 0 Å². The minimum atomic E-state index is -0.910. The Bertz CT molecular complexity index is 809. The normalized spacial score (nSPS) is 50.4. The van der Waals surface area contributed by atoms with Gasteiger partial charge in [-0.25, -0.2) is 0 Å². The van der Waals surface area contributed by atoms with Crippen LogP contribution in [-0.4, -0.2) is 43.8 Å². The Balaban J connectivity index is 1.66. The summed E-state index contributed by atoms with van der Waals surface area (Å²) in [5.41, 5.74) is -1.66. The molecule has 0 aromatic carbocycles. The highest BCUT2D eigenvalue weighted by atomic mass is 16.3. The van der Waals surface area contributed by atoms with Crippen molar-refractivity contribution >= 4 is 0 Å². The Kier molecular flexibility index (Phi) is 6.30. The van der Waals surface area contributed by atoms with E-state index in [1.54, 1.807) is 19.9 Å². The van der Waals surface area contributed by atoms with Crippen molar-refractivity contribution < 1.29 is 20.4 Å². The Morgan fingerprint density at radius 3 is 2.06 bits per heavy atom. The second-order valence-corrected chi connectivity index (χ2v) is 15.0. The van der Waals surface area contributed by atoms with Crippen LogP contribution in [0.3, 0.4) is 0 Å². The van der Waals surface area contributed by atoms with E-state index in [0.717, 1.165) is 44.9 Å². The fourth-order valence-corrected chi connectivity index (χ4v) is 10.2. The van der Waals surface area contributed by atoms with Gasteiger partial charge in [0.15, 0.2) is 0 Å². The average Bonchev–Trinajstić information content (AvgIpc) is 3.07. The van der Waals surface area contributed by atoms with Crippen LogP contribution >= 0.6 is 0 Å². The van der Waals surface area contributed by atoms with E-state index in [0.29, 0.717) is 18.3 Å². The van der Waals surface area contributed by atoms with Crippen molar-refractivity contribution in [2.75, 3.05) is 0 Å². The van der Waals surface area contributed by atoms with Gasteiger partial charge < -0.3 is 20.4 Å². The molecule has 4 rings (SSSR count). The summed E-state index contributed by atoms with van der Waals surface area (Å²) in [5.74, 6) is 1.04. The van der Waals surface area contributed by atoms with Crippen LogP contribution < -0.4 is 0 Å². The number of fused-ring (bicyclic) bond motifs is 5. The van der Waals surface area contributed by atoms with Crippen molar-refractivity contribution in [2.24, 2.45) is 45.3 Å². The molecule has 4 nitrogen and oxygen atoms in total. The van der Waals surface area contributed by atoms with Crippen LogP contribution in [0.5, 0.6) is 0 Å². The lowest BCUT2D eigenvalue weighted by atomic mass is 9.35. The number of rotatable bonds is 4. The van der Waals surface area contributed by atoms with Crippen molar-refractivity contribution in [3.8, 4) is 0 Å². The highest BCUT2D eigenvalue weighted by Gasteiger charge is 2.71. The van der Waals surface area contributed by atoms with E-state index in [1.807, 2.05) is 13.0 Å². The van der Waals surface area contributed by atoms with Crippen molar-refractivity contribution in [1.82, 2.24) is 0 Å². The van der Waals surface area contributed by atoms with Gasteiger partial charge in [0.2, 0.25) is 0 Å². The summed E-state index contributed by atoms with van der Waals surface area (Å²) in [5, 5.41) is 44.3. The zero-order valence-electron chi connectivity index (χ0n) is 23.1. The lowest BCUT2D eigenvalue weighted by molar-refractivity contribution is -0.246. The second-order valence-electron chi connectivity index (χ2n) is 15.0. The highest BCUT2D eigenvalue weighted by Crippen LogP contribution is 2.75. The van der Waals surface area contributed by atoms with Gasteiger partial charge >= 0.3 is 0 Å². The van der Waals surface area contributed by atoms with Crippen LogP contribution in [0.4, 0.5) is 0 Å². The Morgan fingerprint density at radius 2 is 1.44 bits per heavy atom. The van der Waals surface area contributed by atoms with Crippen LogP contribution in [-0.2, 0) is 0 Å². The monoisotopic (exact) mass is 476 g/mol. The molecule has 0 saturated heterocycles. The molecule has 0 spiro atoms. The maximum Gasteiger partial charge on any atom is 0.0771 e. The zero-order valence-corrected chi connectivity index (χ0v) is 23.1. The molecule has 0 bridgehead atoms. The molecule has 0 unspecified atom stereocenters. The molecular weight excluding hydrogens is 424 g/mol. The molecular formula is C30H52O4. The molecule has 0 radical (unpaired) electrons. The number of aliphatic hydroxyl groups is 4. The summed E-state index contributed by atoms with van der Waals surface area (Å²) >= 11 is 0. The van der Waals surface area contributed by atoms with E-state index in [-0.39, 0.29) is 39.6 Å². The minimum absolute atomic E-state index is 0.0157. The first kappa shape index (κ1) is 26.6. The number of hydrogen-bond acceptors (Lipinski definition) is 4. The van der Waals surface area contributed by atoms with Crippen LogP contribution in [0.1, 0.15) is 107 Å². The summed E-state index contributed by atoms with van der Waals surface area (Å²) in [6.07, 6.45) is 10.5. The standard InChI is InChI=1S/C30H52O4/c1-25(2,33)13-9-14-30(8,34)19-10-16-29(7)24(19)20(31)18-22-27(5)15-12-23(32)26(3,4)21(27)11-17-28(22,29)6/h9,13,19-24,31-34H,10-12,14-18H2,1-8H3/b13-9+/t19-,20+,21-,22+,23-,24-,27-,28+,29+,30-/m0/s1. The third-order valence-electron chi connectivity index (χ3n) is 12.2. The third kappa shape index (κ3) is 3.76. The third-order valence-corrected chi connectivity index (χ3v) is 12.2. The molecule has 0 amide bonds. The Hall–Kier alpha value is -0.420. The highest BCUT2D eigenvalue weighted by molar-refractivity contribution is 5.20. The van der Waals surface area contributed by atoms with Gasteiger partial charge in [0.05, 0.1) is 23.4 Å². The molecule has 34 heavy (non-hydrogen) atoms. The molecule has 4 aliphatic carbocycles. The summed E-state index contributed by atoms with van der Waals surface area (Å²) < 4.78 is 0. The van der Waals surface area contributed by atoms with E-state index >= 15 is 0 Å². The molecule has 4 N–H and O–H groups in total. The van der Waals surface area contributed by atoms with Crippen LogP contribution in [0.15, 0.2) is 12.2 Å². The molecule has 10 atom stereocenters. The molecule has 4 heteroatoms. The molecule has 4 fully saturated rings. The van der Waals surface area contributed by atoms with Gasteiger partial charge in [0.1, 0.15) is 0 Å². The largest absolute Gasteiger partial charge is 0.393 e. The predicted molar refractivity (Wildman–Crippen MR) is 137 cm³/mol. The van der Waals surface area contributed by atoms with E-state index in [2.05, 4.69) is 34.6 Å². The van der Waals surface area contributed by atoms with E-state index in [1.165, 1.54) is 0 Å². The second kappa shape index (κ2) is 8.04. The van der Waals surface area contributed by atoms with E-state index in [4.69, 9.17) is 0 Å². The predicted octanol–water partition coefficient (Wildman–Crippen LogP) is 5.47. The molecule has 196 valence electrons. The van der Waals surface area contributed by atoms with Gasteiger partial charge in [-0.05, 0) is 117 Å². The first-order valence-electron chi connectivity index (χ1n) is 13.9. The smallest absolute Gasteiger partial charge is 0.0771 e. The molecule has 0 heterocycles. The van der Waals surface area contributed by atoms with Gasteiger partial charge in [-0.2, -0.15) is 0 Å². The lowest BCUT2D eigenvalue weighted by Gasteiger charge is -2.70. The zero-order chi connectivity index (χ0) is 25.5. The fourth-order valence-electron chi connectivity index (χ4n) is 10.2. The van der Waals surface area contributed by atoms with Gasteiger partial charge in [0, 0.05) is 0 Å². The number of aliphatic hydroxyl groups excluding tert-OH is 2. The molecule has 4 saturated carbocycles. The fraction of sp³-hybridized carbons (Fsp3) is 0.933. The minimum Gasteiger partial charge on any atom is -0.393 e. The Labute approximate surface area is 208 Å². The molecule has 0 aromatic heterocycles. The van der Waals surface area contributed by atoms with Crippen LogP contribution in [0, 0.1) is 45.3 Å². The Morgan fingerprint density at radius 1 is 0.824 bits per heavy atom. The first-order valence-corrected chi connectivity index (χ1v) is 13.9. The maximum absolute atomic E-state index is 11.8. The maximum atomic E-state index is 11.8. The van der Waals surface area contributed by atoms with Crippen molar-refractivity contribution in [1.29, 1.82) is 0 Å². The topological polar surface area (TPSA) is 80.9 Å². The SMILES string of the molecule is CC(C)(O)/C=C/C[C@](C)(O)[C@H]1CC[C@]2(C)[C@@H]1[C@H](O)C[C@@H]1[C@@]3(C)CC[C@H](O)C(C)(C)[C@@H]3CC[C@]12C. The summed E-state index contributed by atoms with van der Waals surface area (Å²) in [6.45, 7) is 17.3. The van der Waals surface area contributed by atoms with E-state index < -0.39 is 17.3 Å². The molecule has 4 aliphatic rings. The van der Waals surface area contributed by atoms with Gasteiger partial charge in [-0.1, -0.05) is 46.8 Å². The summed E-state index contributed by atoms with van der Waals surface area (Å²) in [6, 6.07) is 0. The number of hydrogen-bond donors (Lipinski definition) is 4. The van der Waals surface area contributed by atoms with Gasteiger partial charge in [-0.3, -0.25) is 0 Å². The molecule has 0 aliphatic heterocycles. The van der Waals surface area contributed by atoms with E-state index in [9.17, 15) is 20.4 Å².